The van der Waals surface area contributed by atoms with Crippen LogP contribution in [0.4, 0.5) is 0 Å². The number of benzene rings is 1. The van der Waals surface area contributed by atoms with Crippen LogP contribution in [0.5, 0.6) is 5.75 Å². The van der Waals surface area contributed by atoms with Crippen molar-refractivity contribution in [1.82, 2.24) is 4.90 Å². The van der Waals surface area contributed by atoms with Gasteiger partial charge in [0.1, 0.15) is 5.75 Å². The van der Waals surface area contributed by atoms with Crippen LogP contribution in [-0.4, -0.2) is 42.8 Å². The van der Waals surface area contributed by atoms with Gasteiger partial charge < -0.3 is 15.4 Å². The Hall–Kier alpha value is -1.59. The van der Waals surface area contributed by atoms with Gasteiger partial charge in [0, 0.05) is 25.1 Å². The van der Waals surface area contributed by atoms with Crippen molar-refractivity contribution < 1.29 is 14.3 Å². The number of likely N-dealkylation sites (tertiary alicyclic amines) is 1. The lowest BCUT2D eigenvalue weighted by molar-refractivity contribution is -0.130. The van der Waals surface area contributed by atoms with Crippen LogP contribution in [0.15, 0.2) is 24.3 Å². The summed E-state index contributed by atoms with van der Waals surface area (Å²) in [6.45, 7) is 6.35. The Labute approximate surface area is 149 Å². The molecule has 134 valence electrons. The Morgan fingerprint density at radius 1 is 1.29 bits per heavy atom. The van der Waals surface area contributed by atoms with Gasteiger partial charge in [-0.05, 0) is 56.0 Å². The molecule has 1 aliphatic heterocycles. The average Bonchev–Trinajstić information content (AvgIpc) is 2.95. The molecule has 2 N–H and O–H groups in total. The quantitative estimate of drug-likeness (QED) is 0.603. The Kier molecular flexibility index (Phi) is 7.70. The van der Waals surface area contributed by atoms with Crippen LogP contribution in [0.1, 0.15) is 43.5 Å². The SMILES string of the molecule is CC(=O)c1ccc(OCCCC(=O)N2CCC(C)(CN)C2)cc1.Cl. The number of amides is 1. The van der Waals surface area contributed by atoms with Gasteiger partial charge in [-0.15, -0.1) is 12.4 Å². The number of carbonyl (C=O) groups is 2. The van der Waals surface area contributed by atoms with Crippen LogP contribution in [0.25, 0.3) is 0 Å². The molecule has 1 fully saturated rings. The van der Waals surface area contributed by atoms with Crippen molar-refractivity contribution in [3.05, 3.63) is 29.8 Å². The van der Waals surface area contributed by atoms with E-state index in [1.54, 1.807) is 24.3 Å². The second-order valence-corrected chi connectivity index (χ2v) is 6.61. The van der Waals surface area contributed by atoms with E-state index >= 15 is 0 Å². The highest BCUT2D eigenvalue weighted by Gasteiger charge is 2.34. The summed E-state index contributed by atoms with van der Waals surface area (Å²) in [4.78, 5) is 25.3. The van der Waals surface area contributed by atoms with Crippen LogP contribution >= 0.6 is 12.4 Å². The van der Waals surface area contributed by atoms with Crippen molar-refractivity contribution in [1.29, 1.82) is 0 Å². The lowest BCUT2D eigenvalue weighted by atomic mass is 9.90. The first-order valence-corrected chi connectivity index (χ1v) is 8.15. The molecule has 0 bridgehead atoms. The molecule has 24 heavy (non-hydrogen) atoms. The summed E-state index contributed by atoms with van der Waals surface area (Å²) in [5.74, 6) is 0.939. The Morgan fingerprint density at radius 3 is 2.50 bits per heavy atom. The fraction of sp³-hybridized carbons (Fsp3) is 0.556. The summed E-state index contributed by atoms with van der Waals surface area (Å²) < 4.78 is 5.61. The number of ether oxygens (including phenoxy) is 1. The Bertz CT molecular complexity index is 562. The van der Waals surface area contributed by atoms with E-state index in [1.165, 1.54) is 6.92 Å². The largest absolute Gasteiger partial charge is 0.494 e. The third-order valence-corrected chi connectivity index (χ3v) is 4.47. The van der Waals surface area contributed by atoms with Crippen LogP contribution in [-0.2, 0) is 4.79 Å². The minimum atomic E-state index is 0. The van der Waals surface area contributed by atoms with Crippen LogP contribution in [0.2, 0.25) is 0 Å². The summed E-state index contributed by atoms with van der Waals surface area (Å²) in [6, 6.07) is 7.07. The van der Waals surface area contributed by atoms with Crippen molar-refractivity contribution in [2.45, 2.75) is 33.1 Å². The van der Waals surface area contributed by atoms with Gasteiger partial charge in [-0.2, -0.15) is 0 Å². The molecule has 2 rings (SSSR count). The molecule has 1 saturated heterocycles. The second kappa shape index (κ2) is 9.04. The zero-order valence-electron chi connectivity index (χ0n) is 14.4. The molecular formula is C18H27ClN2O3. The van der Waals surface area contributed by atoms with Crippen molar-refractivity contribution in [2.75, 3.05) is 26.2 Å². The summed E-state index contributed by atoms with van der Waals surface area (Å²) in [7, 11) is 0. The first-order valence-electron chi connectivity index (χ1n) is 8.15. The fourth-order valence-corrected chi connectivity index (χ4v) is 2.76. The fourth-order valence-electron chi connectivity index (χ4n) is 2.76. The van der Waals surface area contributed by atoms with Gasteiger partial charge >= 0.3 is 0 Å². The molecular weight excluding hydrogens is 328 g/mol. The van der Waals surface area contributed by atoms with E-state index in [2.05, 4.69) is 6.92 Å². The number of halogens is 1. The zero-order valence-corrected chi connectivity index (χ0v) is 15.2. The molecule has 1 amide bonds. The average molecular weight is 355 g/mol. The highest BCUT2D eigenvalue weighted by atomic mass is 35.5. The number of hydrogen-bond acceptors (Lipinski definition) is 4. The molecule has 0 aliphatic carbocycles. The minimum absolute atomic E-state index is 0. The predicted molar refractivity (Wildman–Crippen MR) is 96.8 cm³/mol. The highest BCUT2D eigenvalue weighted by Crippen LogP contribution is 2.28. The Morgan fingerprint density at radius 2 is 1.96 bits per heavy atom. The van der Waals surface area contributed by atoms with E-state index in [1.807, 2.05) is 4.90 Å². The van der Waals surface area contributed by atoms with E-state index in [0.717, 1.165) is 25.3 Å². The van der Waals surface area contributed by atoms with Crippen LogP contribution < -0.4 is 10.5 Å². The first kappa shape index (κ1) is 20.5. The molecule has 1 aromatic rings. The van der Waals surface area contributed by atoms with Crippen molar-refractivity contribution in [3.63, 3.8) is 0 Å². The van der Waals surface area contributed by atoms with Crippen molar-refractivity contribution >= 4 is 24.1 Å². The zero-order chi connectivity index (χ0) is 16.9. The number of rotatable bonds is 7. The van der Waals surface area contributed by atoms with E-state index in [4.69, 9.17) is 10.5 Å². The molecule has 1 atom stereocenters. The van der Waals surface area contributed by atoms with Gasteiger partial charge in [-0.3, -0.25) is 9.59 Å². The van der Waals surface area contributed by atoms with Crippen LogP contribution in [0.3, 0.4) is 0 Å². The van der Waals surface area contributed by atoms with Gasteiger partial charge in [0.2, 0.25) is 5.91 Å². The number of ketones is 1. The predicted octanol–water partition coefficient (Wildman–Crippen LogP) is 2.67. The number of carbonyl (C=O) groups excluding carboxylic acids is 2. The van der Waals surface area contributed by atoms with Crippen molar-refractivity contribution in [2.24, 2.45) is 11.1 Å². The molecule has 1 aromatic carbocycles. The van der Waals surface area contributed by atoms with E-state index in [0.29, 0.717) is 31.6 Å². The molecule has 1 heterocycles. The first-order chi connectivity index (χ1) is 10.9. The maximum Gasteiger partial charge on any atom is 0.222 e. The van der Waals surface area contributed by atoms with Gasteiger partial charge in [-0.25, -0.2) is 0 Å². The van der Waals surface area contributed by atoms with E-state index < -0.39 is 0 Å². The smallest absolute Gasteiger partial charge is 0.222 e. The summed E-state index contributed by atoms with van der Waals surface area (Å²) in [6.07, 6.45) is 2.16. The maximum absolute atomic E-state index is 12.2. The summed E-state index contributed by atoms with van der Waals surface area (Å²) >= 11 is 0. The summed E-state index contributed by atoms with van der Waals surface area (Å²) in [5.41, 5.74) is 6.51. The number of hydrogen-bond donors (Lipinski definition) is 1. The number of nitrogens with zero attached hydrogens (tertiary/aromatic N) is 1. The van der Waals surface area contributed by atoms with E-state index in [9.17, 15) is 9.59 Å². The van der Waals surface area contributed by atoms with Gasteiger partial charge in [0.05, 0.1) is 6.61 Å². The van der Waals surface area contributed by atoms with Gasteiger partial charge in [0.25, 0.3) is 0 Å². The van der Waals surface area contributed by atoms with Gasteiger partial charge in [-0.1, -0.05) is 6.92 Å². The second-order valence-electron chi connectivity index (χ2n) is 6.61. The molecule has 1 aliphatic rings. The molecule has 0 radical (unpaired) electrons. The lowest BCUT2D eigenvalue weighted by Crippen LogP contribution is -2.34. The monoisotopic (exact) mass is 354 g/mol. The molecule has 5 nitrogen and oxygen atoms in total. The number of nitrogens with two attached hydrogens (primary N) is 1. The molecule has 0 aromatic heterocycles. The molecule has 6 heteroatoms. The molecule has 0 spiro atoms. The van der Waals surface area contributed by atoms with E-state index in [-0.39, 0.29) is 29.5 Å². The van der Waals surface area contributed by atoms with Crippen LogP contribution in [0, 0.1) is 5.41 Å². The lowest BCUT2D eigenvalue weighted by Gasteiger charge is -2.22. The topological polar surface area (TPSA) is 72.6 Å². The highest BCUT2D eigenvalue weighted by molar-refractivity contribution is 5.94. The maximum atomic E-state index is 12.2. The molecule has 1 unspecified atom stereocenters. The standard InChI is InChI=1S/C18H26N2O3.ClH/c1-14(21)15-5-7-16(8-6-15)23-11-3-4-17(22)20-10-9-18(2,12-19)13-20;/h5-8H,3-4,9-13,19H2,1-2H3;1H. The third kappa shape index (κ3) is 5.49. The third-order valence-electron chi connectivity index (χ3n) is 4.47. The number of Topliss-reactive ketones (excluding diaryl/α,β-unsaturated/α-hetero) is 1. The van der Waals surface area contributed by atoms with Gasteiger partial charge in [0.15, 0.2) is 5.78 Å². The minimum Gasteiger partial charge on any atom is -0.494 e. The Balaban J connectivity index is 0.00000288. The normalized spacial score (nSPS) is 19.7. The van der Waals surface area contributed by atoms with Crippen molar-refractivity contribution in [3.8, 4) is 5.75 Å². The molecule has 0 saturated carbocycles. The summed E-state index contributed by atoms with van der Waals surface area (Å²) in [5, 5.41) is 0.